The van der Waals surface area contributed by atoms with E-state index in [0.717, 1.165) is 5.56 Å². The summed E-state index contributed by atoms with van der Waals surface area (Å²) in [4.78, 5) is 17.5. The van der Waals surface area contributed by atoms with Crippen LogP contribution in [0.15, 0.2) is 35.4 Å². The molecule has 88 valence electrons. The number of nitrogen functional groups attached to an aromatic ring is 1. The van der Waals surface area contributed by atoms with E-state index in [9.17, 15) is 9.18 Å². The van der Waals surface area contributed by atoms with Gasteiger partial charge in [-0.2, -0.15) is 0 Å². The Morgan fingerprint density at radius 3 is 2.76 bits per heavy atom. The minimum absolute atomic E-state index is 0.0367. The minimum atomic E-state index is -0.387. The summed E-state index contributed by atoms with van der Waals surface area (Å²) in [6.07, 6.45) is 1.27. The van der Waals surface area contributed by atoms with E-state index in [2.05, 4.69) is 15.3 Å². The van der Waals surface area contributed by atoms with Crippen LogP contribution < -0.4 is 16.6 Å². The van der Waals surface area contributed by atoms with Crippen molar-refractivity contribution < 1.29 is 4.39 Å². The van der Waals surface area contributed by atoms with Crippen molar-refractivity contribution in [1.29, 1.82) is 0 Å². The zero-order valence-corrected chi connectivity index (χ0v) is 8.90. The largest absolute Gasteiger partial charge is 0.391 e. The minimum Gasteiger partial charge on any atom is -0.391 e. The van der Waals surface area contributed by atoms with E-state index >= 15 is 0 Å². The van der Waals surface area contributed by atoms with Gasteiger partial charge in [0.2, 0.25) is 0 Å². The molecule has 1 heterocycles. The van der Waals surface area contributed by atoms with Crippen LogP contribution in [0.4, 0.5) is 15.9 Å². The van der Waals surface area contributed by atoms with Gasteiger partial charge in [-0.3, -0.25) is 4.79 Å². The van der Waals surface area contributed by atoms with Gasteiger partial charge in [-0.25, -0.2) is 9.37 Å². The number of nitrogens with one attached hydrogen (secondary N) is 2. The van der Waals surface area contributed by atoms with Gasteiger partial charge < -0.3 is 16.0 Å². The number of rotatable bonds is 3. The highest BCUT2D eigenvalue weighted by Crippen LogP contribution is 2.10. The van der Waals surface area contributed by atoms with Crippen LogP contribution in [-0.4, -0.2) is 9.97 Å². The van der Waals surface area contributed by atoms with E-state index in [1.54, 1.807) is 12.1 Å². The summed E-state index contributed by atoms with van der Waals surface area (Å²) >= 11 is 0. The Morgan fingerprint density at radius 2 is 2.06 bits per heavy atom. The van der Waals surface area contributed by atoms with Crippen molar-refractivity contribution in [2.75, 3.05) is 11.1 Å². The maximum absolute atomic E-state index is 12.7. The predicted molar refractivity (Wildman–Crippen MR) is 63.0 cm³/mol. The second-order valence-corrected chi connectivity index (χ2v) is 3.47. The van der Waals surface area contributed by atoms with E-state index in [4.69, 9.17) is 5.73 Å². The molecule has 0 bridgehead atoms. The Balaban J connectivity index is 2.10. The molecule has 0 saturated carbocycles. The first-order valence-electron chi connectivity index (χ1n) is 4.98. The number of nitrogens with zero attached hydrogens (tertiary/aromatic N) is 1. The summed E-state index contributed by atoms with van der Waals surface area (Å²) in [7, 11) is 0. The van der Waals surface area contributed by atoms with Gasteiger partial charge in [-0.1, -0.05) is 12.1 Å². The maximum atomic E-state index is 12.7. The van der Waals surface area contributed by atoms with Crippen LogP contribution in [0.5, 0.6) is 0 Å². The van der Waals surface area contributed by atoms with Crippen LogP contribution in [0, 0.1) is 5.82 Å². The number of aromatic amines is 1. The van der Waals surface area contributed by atoms with E-state index < -0.39 is 0 Å². The molecule has 1 aromatic heterocycles. The molecule has 0 aliphatic heterocycles. The van der Waals surface area contributed by atoms with Crippen LogP contribution in [0.2, 0.25) is 0 Å². The van der Waals surface area contributed by atoms with E-state index in [1.165, 1.54) is 18.5 Å². The molecule has 6 heteroatoms. The van der Waals surface area contributed by atoms with Gasteiger partial charge in [0.1, 0.15) is 11.5 Å². The number of aromatic nitrogens is 2. The normalized spacial score (nSPS) is 10.2. The number of halogens is 1. The molecule has 0 fully saturated rings. The average molecular weight is 234 g/mol. The van der Waals surface area contributed by atoms with Gasteiger partial charge in [0.25, 0.3) is 5.56 Å². The van der Waals surface area contributed by atoms with Crippen molar-refractivity contribution in [2.24, 2.45) is 0 Å². The molecule has 2 rings (SSSR count). The fourth-order valence-electron chi connectivity index (χ4n) is 1.34. The molecular formula is C11H11FN4O. The number of hydrogen-bond donors (Lipinski definition) is 3. The molecule has 0 radical (unpaired) electrons. The Kier molecular flexibility index (Phi) is 3.04. The van der Waals surface area contributed by atoms with E-state index in [1.807, 2.05) is 0 Å². The zero-order chi connectivity index (χ0) is 12.3. The standard InChI is InChI=1S/C11H11FN4O/c12-8-3-1-7(2-4-8)5-14-10-9(13)11(17)16-6-15-10/h1-4,6H,5,13H2,(H2,14,15,16,17). The summed E-state index contributed by atoms with van der Waals surface area (Å²) in [5.41, 5.74) is 6.06. The molecule has 0 atom stereocenters. The van der Waals surface area contributed by atoms with Crippen LogP contribution in [-0.2, 0) is 6.54 Å². The van der Waals surface area contributed by atoms with Crippen LogP contribution in [0.1, 0.15) is 5.56 Å². The number of benzene rings is 1. The topological polar surface area (TPSA) is 83.8 Å². The van der Waals surface area contributed by atoms with E-state index in [0.29, 0.717) is 12.4 Å². The number of nitrogens with two attached hydrogens (primary N) is 1. The average Bonchev–Trinajstić information content (AvgIpc) is 2.33. The second-order valence-electron chi connectivity index (χ2n) is 3.47. The lowest BCUT2D eigenvalue weighted by Gasteiger charge is -2.06. The summed E-state index contributed by atoms with van der Waals surface area (Å²) < 4.78 is 12.7. The third-order valence-electron chi connectivity index (χ3n) is 2.26. The maximum Gasteiger partial charge on any atom is 0.276 e. The summed E-state index contributed by atoms with van der Waals surface area (Å²) in [5.74, 6) is 0.0284. The molecule has 17 heavy (non-hydrogen) atoms. The van der Waals surface area contributed by atoms with Gasteiger partial charge in [-0.15, -0.1) is 0 Å². The van der Waals surface area contributed by atoms with Crippen molar-refractivity contribution >= 4 is 11.5 Å². The highest BCUT2D eigenvalue weighted by molar-refractivity contribution is 5.58. The smallest absolute Gasteiger partial charge is 0.276 e. The molecule has 0 spiro atoms. The number of anilines is 2. The molecule has 0 unspecified atom stereocenters. The van der Waals surface area contributed by atoms with E-state index in [-0.39, 0.29) is 17.1 Å². The van der Waals surface area contributed by atoms with Gasteiger partial charge in [0, 0.05) is 6.54 Å². The van der Waals surface area contributed by atoms with Gasteiger partial charge in [0.05, 0.1) is 6.33 Å². The van der Waals surface area contributed by atoms with Crippen molar-refractivity contribution in [3.05, 3.63) is 52.3 Å². The first kappa shape index (κ1) is 11.1. The van der Waals surface area contributed by atoms with Crippen LogP contribution >= 0.6 is 0 Å². The molecule has 0 aliphatic rings. The quantitative estimate of drug-likeness (QED) is 0.742. The fraction of sp³-hybridized carbons (Fsp3) is 0.0909. The molecule has 1 aromatic carbocycles. The third kappa shape index (κ3) is 2.60. The molecular weight excluding hydrogens is 223 g/mol. The fourth-order valence-corrected chi connectivity index (χ4v) is 1.34. The van der Waals surface area contributed by atoms with Gasteiger partial charge >= 0.3 is 0 Å². The van der Waals surface area contributed by atoms with Gasteiger partial charge in [0.15, 0.2) is 5.82 Å². The van der Waals surface area contributed by atoms with Crippen molar-refractivity contribution in [3.8, 4) is 0 Å². The molecule has 5 nitrogen and oxygen atoms in total. The molecule has 0 amide bonds. The Labute approximate surface area is 96.5 Å². The molecule has 0 saturated heterocycles. The third-order valence-corrected chi connectivity index (χ3v) is 2.26. The SMILES string of the molecule is Nc1c(NCc2ccc(F)cc2)nc[nH]c1=O. The summed E-state index contributed by atoms with van der Waals surface area (Å²) in [6, 6.07) is 6.02. The predicted octanol–water partition coefficient (Wildman–Crippen LogP) is 1.10. The zero-order valence-electron chi connectivity index (χ0n) is 8.90. The first-order chi connectivity index (χ1) is 8.16. The van der Waals surface area contributed by atoms with Crippen molar-refractivity contribution in [1.82, 2.24) is 9.97 Å². The first-order valence-corrected chi connectivity index (χ1v) is 4.98. The number of H-pyrrole nitrogens is 1. The Hall–Kier alpha value is -2.37. The number of hydrogen-bond acceptors (Lipinski definition) is 4. The van der Waals surface area contributed by atoms with Crippen molar-refractivity contribution in [3.63, 3.8) is 0 Å². The van der Waals surface area contributed by atoms with Crippen LogP contribution in [0.3, 0.4) is 0 Å². The van der Waals surface area contributed by atoms with Crippen LogP contribution in [0.25, 0.3) is 0 Å². The Morgan fingerprint density at radius 1 is 1.35 bits per heavy atom. The lowest BCUT2D eigenvalue weighted by molar-refractivity contribution is 0.627. The lowest BCUT2D eigenvalue weighted by atomic mass is 10.2. The Bertz CT molecular complexity index is 564. The molecule has 4 N–H and O–H groups in total. The monoisotopic (exact) mass is 234 g/mol. The molecule has 0 aliphatic carbocycles. The molecule has 2 aromatic rings. The highest BCUT2D eigenvalue weighted by Gasteiger charge is 2.03. The van der Waals surface area contributed by atoms with Gasteiger partial charge in [-0.05, 0) is 17.7 Å². The summed E-state index contributed by atoms with van der Waals surface area (Å²) in [6.45, 7) is 0.418. The second kappa shape index (κ2) is 4.65. The lowest BCUT2D eigenvalue weighted by Crippen LogP contribution is -2.16. The highest BCUT2D eigenvalue weighted by atomic mass is 19.1. The van der Waals surface area contributed by atoms with Crippen molar-refractivity contribution in [2.45, 2.75) is 6.54 Å². The summed E-state index contributed by atoms with van der Waals surface area (Å²) in [5, 5.41) is 2.91.